The molecule has 0 heterocycles. The summed E-state index contributed by atoms with van der Waals surface area (Å²) in [4.78, 5) is 0. The Hall–Kier alpha value is -4.04. The van der Waals surface area contributed by atoms with Gasteiger partial charge in [-0.15, -0.1) is 0 Å². The molecule has 4 aromatic rings. The molecule has 0 unspecified atom stereocenters. The summed E-state index contributed by atoms with van der Waals surface area (Å²) in [6.07, 6.45) is 8.34. The van der Waals surface area contributed by atoms with Gasteiger partial charge >= 0.3 is 0 Å². The van der Waals surface area contributed by atoms with Crippen molar-refractivity contribution in [2.75, 3.05) is 14.2 Å². The van der Waals surface area contributed by atoms with Crippen LogP contribution >= 0.6 is 0 Å². The number of hydrogen-bond donors (Lipinski definition) is 0. The Bertz CT molecular complexity index is 1120. The molecule has 0 saturated carbocycles. The Labute approximate surface area is 190 Å². The highest BCUT2D eigenvalue weighted by molar-refractivity contribution is 5.78. The lowest BCUT2D eigenvalue weighted by Crippen LogP contribution is -1.91. The lowest BCUT2D eigenvalue weighted by atomic mass is 10.00. The summed E-state index contributed by atoms with van der Waals surface area (Å²) in [6.45, 7) is 0. The molecule has 4 rings (SSSR count). The van der Waals surface area contributed by atoms with Crippen molar-refractivity contribution in [1.29, 1.82) is 0 Å². The summed E-state index contributed by atoms with van der Waals surface area (Å²) < 4.78 is 11.3. The lowest BCUT2D eigenvalue weighted by molar-refractivity contribution is 0.413. The van der Waals surface area contributed by atoms with Crippen molar-refractivity contribution in [1.82, 2.24) is 0 Å². The fourth-order valence-electron chi connectivity index (χ4n) is 3.56. The van der Waals surface area contributed by atoms with Crippen LogP contribution in [0.25, 0.3) is 35.4 Å². The first kappa shape index (κ1) is 21.2. The first-order valence-corrected chi connectivity index (χ1v) is 10.6. The molecule has 0 bridgehead atoms. The summed E-state index contributed by atoms with van der Waals surface area (Å²) >= 11 is 0. The Kier molecular flexibility index (Phi) is 6.84. The van der Waals surface area contributed by atoms with Gasteiger partial charge in [0.05, 0.1) is 14.2 Å². The van der Waals surface area contributed by atoms with Crippen molar-refractivity contribution in [3.63, 3.8) is 0 Å². The maximum absolute atomic E-state index is 5.67. The highest BCUT2D eigenvalue weighted by Crippen LogP contribution is 2.32. The third-order valence-electron chi connectivity index (χ3n) is 5.31. The second kappa shape index (κ2) is 10.3. The molecule has 0 fully saturated rings. The van der Waals surface area contributed by atoms with Gasteiger partial charge in [0.2, 0.25) is 0 Å². The van der Waals surface area contributed by atoms with E-state index in [1.807, 2.05) is 36.4 Å². The van der Waals surface area contributed by atoms with Crippen molar-refractivity contribution in [2.24, 2.45) is 0 Å². The van der Waals surface area contributed by atoms with Crippen molar-refractivity contribution >= 4 is 24.3 Å². The molecule has 0 radical (unpaired) electrons. The van der Waals surface area contributed by atoms with Gasteiger partial charge in [-0.2, -0.15) is 0 Å². The van der Waals surface area contributed by atoms with Crippen LogP contribution in [0.2, 0.25) is 0 Å². The third kappa shape index (κ3) is 5.16. The predicted octanol–water partition coefficient (Wildman–Crippen LogP) is 7.71. The molecule has 32 heavy (non-hydrogen) atoms. The zero-order valence-corrected chi connectivity index (χ0v) is 18.4. The molecule has 0 aliphatic rings. The fourth-order valence-corrected chi connectivity index (χ4v) is 3.56. The molecule has 4 aromatic carbocycles. The van der Waals surface area contributed by atoms with Gasteiger partial charge in [0, 0.05) is 11.1 Å². The van der Waals surface area contributed by atoms with E-state index in [1.165, 1.54) is 0 Å². The van der Waals surface area contributed by atoms with Gasteiger partial charge in [-0.3, -0.25) is 0 Å². The lowest BCUT2D eigenvalue weighted by Gasteiger charge is -2.11. The van der Waals surface area contributed by atoms with Gasteiger partial charge in [0.15, 0.2) is 0 Å². The van der Waals surface area contributed by atoms with Crippen LogP contribution in [0.15, 0.2) is 97.1 Å². The average molecular weight is 419 g/mol. The van der Waals surface area contributed by atoms with E-state index in [-0.39, 0.29) is 0 Å². The highest BCUT2D eigenvalue weighted by atomic mass is 16.5. The van der Waals surface area contributed by atoms with Gasteiger partial charge < -0.3 is 9.47 Å². The first-order chi connectivity index (χ1) is 15.8. The molecule has 2 heteroatoms. The van der Waals surface area contributed by atoms with Crippen molar-refractivity contribution in [3.05, 3.63) is 119 Å². The van der Waals surface area contributed by atoms with Crippen LogP contribution in [-0.4, -0.2) is 14.2 Å². The minimum absolute atomic E-state index is 0.835. The van der Waals surface area contributed by atoms with Crippen molar-refractivity contribution in [2.45, 2.75) is 0 Å². The second-order valence-corrected chi connectivity index (χ2v) is 7.40. The smallest absolute Gasteiger partial charge is 0.126 e. The van der Waals surface area contributed by atoms with Crippen LogP contribution in [0.5, 0.6) is 11.5 Å². The summed E-state index contributed by atoms with van der Waals surface area (Å²) in [6, 6.07) is 33.0. The molecule has 0 spiro atoms. The van der Waals surface area contributed by atoms with Crippen LogP contribution < -0.4 is 9.47 Å². The third-order valence-corrected chi connectivity index (χ3v) is 5.31. The topological polar surface area (TPSA) is 18.5 Å². The summed E-state index contributed by atoms with van der Waals surface area (Å²) in [7, 11) is 3.41. The van der Waals surface area contributed by atoms with E-state index in [0.29, 0.717) is 0 Å². The van der Waals surface area contributed by atoms with Gasteiger partial charge in [0.1, 0.15) is 11.5 Å². The molecular weight excluding hydrogens is 392 g/mol. The predicted molar refractivity (Wildman–Crippen MR) is 136 cm³/mol. The average Bonchev–Trinajstić information content (AvgIpc) is 2.87. The fraction of sp³-hybridized carbons (Fsp3) is 0.0667. The van der Waals surface area contributed by atoms with Crippen molar-refractivity contribution in [3.8, 4) is 22.6 Å². The number of ether oxygens (including phenoxy) is 2. The number of rotatable bonds is 7. The summed E-state index contributed by atoms with van der Waals surface area (Å²) in [5.41, 5.74) is 6.54. The molecular formula is C30H26O2. The van der Waals surface area contributed by atoms with Crippen LogP contribution in [0.1, 0.15) is 22.3 Å². The number of hydrogen-bond acceptors (Lipinski definition) is 2. The van der Waals surface area contributed by atoms with E-state index >= 15 is 0 Å². The highest BCUT2D eigenvalue weighted by Gasteiger charge is 2.08. The molecule has 0 aliphatic heterocycles. The van der Waals surface area contributed by atoms with Gasteiger partial charge in [-0.25, -0.2) is 0 Å². The molecule has 158 valence electrons. The standard InChI is InChI=1S/C30H26O2/c1-31-29-21-27(19-17-25(29)15-13-23-9-5-3-6-10-23)28-20-18-26(30(22-28)32-2)16-14-24-11-7-4-8-12-24/h3-22H,1-2H3/b15-13+,16-14+. The summed E-state index contributed by atoms with van der Waals surface area (Å²) in [5, 5.41) is 0. The Morgan fingerprint density at radius 1 is 0.469 bits per heavy atom. The van der Waals surface area contributed by atoms with Gasteiger partial charge in [-0.1, -0.05) is 109 Å². The molecule has 0 atom stereocenters. The zero-order chi connectivity index (χ0) is 22.2. The van der Waals surface area contributed by atoms with Crippen LogP contribution in [0.4, 0.5) is 0 Å². The van der Waals surface area contributed by atoms with Gasteiger partial charge in [-0.05, 0) is 34.4 Å². The minimum atomic E-state index is 0.835. The largest absolute Gasteiger partial charge is 0.496 e. The molecule has 0 N–H and O–H groups in total. The van der Waals surface area contributed by atoms with E-state index in [2.05, 4.69) is 85.0 Å². The maximum Gasteiger partial charge on any atom is 0.126 e. The number of methoxy groups -OCH3 is 2. The van der Waals surface area contributed by atoms with E-state index < -0.39 is 0 Å². The maximum atomic E-state index is 5.67. The van der Waals surface area contributed by atoms with E-state index in [9.17, 15) is 0 Å². The SMILES string of the molecule is COc1cc(-c2ccc(/C=C/c3ccccc3)c(OC)c2)ccc1/C=C/c1ccccc1. The Morgan fingerprint density at radius 2 is 0.875 bits per heavy atom. The molecule has 0 aromatic heterocycles. The normalized spacial score (nSPS) is 11.2. The quantitative estimate of drug-likeness (QED) is 0.286. The number of benzene rings is 4. The molecule has 2 nitrogen and oxygen atoms in total. The molecule has 0 saturated heterocycles. The van der Waals surface area contributed by atoms with Crippen LogP contribution in [0, 0.1) is 0 Å². The Balaban J connectivity index is 1.60. The first-order valence-electron chi connectivity index (χ1n) is 10.6. The second-order valence-electron chi connectivity index (χ2n) is 7.40. The van der Waals surface area contributed by atoms with Gasteiger partial charge in [0.25, 0.3) is 0 Å². The molecule has 0 amide bonds. The minimum Gasteiger partial charge on any atom is -0.496 e. The van der Waals surface area contributed by atoms with E-state index in [0.717, 1.165) is 44.9 Å². The monoisotopic (exact) mass is 418 g/mol. The summed E-state index contributed by atoms with van der Waals surface area (Å²) in [5.74, 6) is 1.67. The zero-order valence-electron chi connectivity index (χ0n) is 18.4. The van der Waals surface area contributed by atoms with E-state index in [4.69, 9.17) is 9.47 Å². The molecule has 0 aliphatic carbocycles. The van der Waals surface area contributed by atoms with Crippen LogP contribution in [-0.2, 0) is 0 Å². The van der Waals surface area contributed by atoms with E-state index in [1.54, 1.807) is 14.2 Å². The Morgan fingerprint density at radius 3 is 1.25 bits per heavy atom. The van der Waals surface area contributed by atoms with Crippen LogP contribution in [0.3, 0.4) is 0 Å². The van der Waals surface area contributed by atoms with Crippen molar-refractivity contribution < 1.29 is 9.47 Å².